The number of hydrogen-bond acceptors (Lipinski definition) is 3. The average molecular weight is 252 g/mol. The van der Waals surface area contributed by atoms with E-state index in [-0.39, 0.29) is 6.04 Å². The maximum absolute atomic E-state index is 4.45. The highest BCUT2D eigenvalue weighted by Gasteiger charge is 2.16. The lowest BCUT2D eigenvalue weighted by Gasteiger charge is -2.16. The van der Waals surface area contributed by atoms with Crippen molar-refractivity contribution < 1.29 is 0 Å². The summed E-state index contributed by atoms with van der Waals surface area (Å²) in [5.74, 6) is 0. The number of aromatic nitrogens is 3. The monoisotopic (exact) mass is 252 g/mol. The molecule has 0 saturated carbocycles. The second kappa shape index (κ2) is 4.82. The molecule has 3 rings (SSSR count). The number of benzene rings is 1. The minimum Gasteiger partial charge on any atom is -0.340 e. The van der Waals surface area contributed by atoms with E-state index in [0.717, 1.165) is 11.1 Å². The van der Waals surface area contributed by atoms with Gasteiger partial charge in [-0.2, -0.15) is 0 Å². The Kier molecular flexibility index (Phi) is 3.01. The molecular weight excluding hydrogens is 236 g/mol. The summed E-state index contributed by atoms with van der Waals surface area (Å²) in [4.78, 5) is 8.69. The first-order valence-corrected chi connectivity index (χ1v) is 6.27. The zero-order valence-electron chi connectivity index (χ0n) is 11.0. The molecule has 3 aromatic rings. The van der Waals surface area contributed by atoms with Gasteiger partial charge < -0.3 is 9.88 Å². The summed E-state index contributed by atoms with van der Waals surface area (Å²) in [5, 5.41) is 5.70. The van der Waals surface area contributed by atoms with E-state index in [9.17, 15) is 0 Å². The highest BCUT2D eigenvalue weighted by Crippen LogP contribution is 2.27. The first kappa shape index (κ1) is 11.9. The standard InChI is InChI=1S/C15H16N4/c1-16-15(14-9-19(2)10-18-14)12-5-3-4-11-6-7-17-8-13(11)12/h3-10,15-16H,1-2H3. The Morgan fingerprint density at radius 3 is 2.89 bits per heavy atom. The van der Waals surface area contributed by atoms with Gasteiger partial charge in [0.1, 0.15) is 0 Å². The third kappa shape index (κ3) is 2.11. The maximum Gasteiger partial charge on any atom is 0.0947 e. The van der Waals surface area contributed by atoms with Crippen LogP contribution in [-0.2, 0) is 7.05 Å². The Morgan fingerprint density at radius 2 is 2.16 bits per heavy atom. The van der Waals surface area contributed by atoms with Gasteiger partial charge in [-0.05, 0) is 24.1 Å². The molecule has 0 bridgehead atoms. The van der Waals surface area contributed by atoms with Gasteiger partial charge in [-0.1, -0.05) is 18.2 Å². The molecule has 4 heteroatoms. The average Bonchev–Trinajstić information content (AvgIpc) is 2.86. The molecule has 0 amide bonds. The SMILES string of the molecule is CNC(c1cn(C)cn1)c1cccc2ccncc12. The van der Waals surface area contributed by atoms with Crippen LogP contribution < -0.4 is 5.32 Å². The van der Waals surface area contributed by atoms with Crippen molar-refractivity contribution in [1.82, 2.24) is 19.9 Å². The summed E-state index contributed by atoms with van der Waals surface area (Å²) in [6, 6.07) is 8.41. The van der Waals surface area contributed by atoms with Gasteiger partial charge >= 0.3 is 0 Å². The highest BCUT2D eigenvalue weighted by atomic mass is 15.0. The van der Waals surface area contributed by atoms with Crippen molar-refractivity contribution in [2.75, 3.05) is 7.05 Å². The summed E-state index contributed by atoms with van der Waals surface area (Å²) in [6.07, 6.45) is 7.60. The maximum atomic E-state index is 4.45. The van der Waals surface area contributed by atoms with Crippen LogP contribution in [0.25, 0.3) is 10.8 Å². The van der Waals surface area contributed by atoms with Crippen molar-refractivity contribution in [3.05, 3.63) is 60.4 Å². The Balaban J connectivity index is 2.16. The number of imidazole rings is 1. The van der Waals surface area contributed by atoms with Gasteiger partial charge in [-0.25, -0.2) is 4.98 Å². The molecule has 4 nitrogen and oxygen atoms in total. The number of nitrogens with one attached hydrogen (secondary N) is 1. The zero-order valence-corrected chi connectivity index (χ0v) is 11.0. The molecule has 0 spiro atoms. The third-order valence-corrected chi connectivity index (χ3v) is 3.34. The van der Waals surface area contributed by atoms with Crippen molar-refractivity contribution in [3.63, 3.8) is 0 Å². The van der Waals surface area contributed by atoms with Crippen LogP contribution in [0.4, 0.5) is 0 Å². The predicted molar refractivity (Wildman–Crippen MR) is 75.9 cm³/mol. The van der Waals surface area contributed by atoms with Crippen molar-refractivity contribution in [2.24, 2.45) is 7.05 Å². The number of aryl methyl sites for hydroxylation is 1. The number of nitrogens with zero attached hydrogens (tertiary/aromatic N) is 3. The van der Waals surface area contributed by atoms with E-state index in [1.54, 1.807) is 0 Å². The van der Waals surface area contributed by atoms with E-state index in [1.807, 2.05) is 49.6 Å². The Bertz CT molecular complexity index is 697. The summed E-state index contributed by atoms with van der Waals surface area (Å²) < 4.78 is 1.96. The molecule has 1 unspecified atom stereocenters. The number of hydrogen-bond donors (Lipinski definition) is 1. The van der Waals surface area contributed by atoms with E-state index in [0.29, 0.717) is 0 Å². The molecule has 0 saturated heterocycles. The first-order chi connectivity index (χ1) is 9.29. The van der Waals surface area contributed by atoms with Gasteiger partial charge in [-0.15, -0.1) is 0 Å². The van der Waals surface area contributed by atoms with Crippen LogP contribution in [0.5, 0.6) is 0 Å². The number of fused-ring (bicyclic) bond motifs is 1. The Labute approximate surface area is 112 Å². The van der Waals surface area contributed by atoms with Crippen LogP contribution in [-0.4, -0.2) is 21.6 Å². The number of rotatable bonds is 3. The molecular formula is C15H16N4. The lowest BCUT2D eigenvalue weighted by Crippen LogP contribution is -2.18. The van der Waals surface area contributed by atoms with Crippen LogP contribution >= 0.6 is 0 Å². The molecule has 1 N–H and O–H groups in total. The van der Waals surface area contributed by atoms with Crippen molar-refractivity contribution in [2.45, 2.75) is 6.04 Å². The van der Waals surface area contributed by atoms with Gasteiger partial charge in [0, 0.05) is 31.0 Å². The Morgan fingerprint density at radius 1 is 1.26 bits per heavy atom. The lowest BCUT2D eigenvalue weighted by molar-refractivity contribution is 0.678. The third-order valence-electron chi connectivity index (χ3n) is 3.34. The molecule has 0 radical (unpaired) electrons. The normalized spacial score (nSPS) is 12.7. The van der Waals surface area contributed by atoms with Gasteiger partial charge in [0.05, 0.1) is 18.1 Å². The van der Waals surface area contributed by atoms with Gasteiger partial charge in [0.15, 0.2) is 0 Å². The second-order valence-electron chi connectivity index (χ2n) is 4.63. The fourth-order valence-corrected chi connectivity index (χ4v) is 2.43. The molecule has 2 aromatic heterocycles. The molecule has 2 heterocycles. The summed E-state index contributed by atoms with van der Waals surface area (Å²) in [5.41, 5.74) is 2.22. The van der Waals surface area contributed by atoms with Gasteiger partial charge in [-0.3, -0.25) is 4.98 Å². The molecule has 0 aliphatic rings. The lowest BCUT2D eigenvalue weighted by atomic mass is 9.98. The van der Waals surface area contributed by atoms with E-state index >= 15 is 0 Å². The number of pyridine rings is 1. The van der Waals surface area contributed by atoms with E-state index in [4.69, 9.17) is 0 Å². The van der Waals surface area contributed by atoms with Crippen LogP contribution in [0.15, 0.2) is 49.2 Å². The van der Waals surface area contributed by atoms with Crippen LogP contribution in [0.1, 0.15) is 17.3 Å². The molecule has 1 aromatic carbocycles. The van der Waals surface area contributed by atoms with E-state index in [1.165, 1.54) is 10.9 Å². The molecule has 19 heavy (non-hydrogen) atoms. The molecule has 0 fully saturated rings. The molecule has 96 valence electrons. The fourth-order valence-electron chi connectivity index (χ4n) is 2.43. The highest BCUT2D eigenvalue weighted by molar-refractivity contribution is 5.85. The minimum atomic E-state index is 0.0779. The topological polar surface area (TPSA) is 42.7 Å². The zero-order chi connectivity index (χ0) is 13.2. The van der Waals surface area contributed by atoms with E-state index < -0.39 is 0 Å². The quantitative estimate of drug-likeness (QED) is 0.777. The largest absolute Gasteiger partial charge is 0.340 e. The van der Waals surface area contributed by atoms with Crippen LogP contribution in [0, 0.1) is 0 Å². The van der Waals surface area contributed by atoms with Gasteiger partial charge in [0.25, 0.3) is 0 Å². The van der Waals surface area contributed by atoms with Gasteiger partial charge in [0.2, 0.25) is 0 Å². The fraction of sp³-hybridized carbons (Fsp3) is 0.200. The van der Waals surface area contributed by atoms with Crippen LogP contribution in [0.3, 0.4) is 0 Å². The molecule has 0 aliphatic heterocycles. The minimum absolute atomic E-state index is 0.0779. The summed E-state index contributed by atoms with van der Waals surface area (Å²) >= 11 is 0. The Hall–Kier alpha value is -2.20. The van der Waals surface area contributed by atoms with Crippen molar-refractivity contribution in [3.8, 4) is 0 Å². The van der Waals surface area contributed by atoms with Crippen molar-refractivity contribution in [1.29, 1.82) is 0 Å². The second-order valence-corrected chi connectivity index (χ2v) is 4.63. The van der Waals surface area contributed by atoms with E-state index in [2.05, 4.69) is 33.5 Å². The molecule has 0 aliphatic carbocycles. The smallest absolute Gasteiger partial charge is 0.0947 e. The predicted octanol–water partition coefficient (Wildman–Crippen LogP) is 2.28. The first-order valence-electron chi connectivity index (χ1n) is 6.27. The summed E-state index contributed by atoms with van der Waals surface area (Å²) in [7, 11) is 3.93. The van der Waals surface area contributed by atoms with Crippen molar-refractivity contribution >= 4 is 10.8 Å². The summed E-state index contributed by atoms with van der Waals surface area (Å²) in [6.45, 7) is 0. The van der Waals surface area contributed by atoms with Crippen LogP contribution in [0.2, 0.25) is 0 Å². The molecule has 1 atom stereocenters.